The molecule has 1 aromatic rings. The van der Waals surface area contributed by atoms with Crippen molar-refractivity contribution in [2.45, 2.75) is 32.4 Å². The fraction of sp³-hybridized carbons (Fsp3) is 0.615. The molecule has 0 spiro atoms. The van der Waals surface area contributed by atoms with Crippen molar-refractivity contribution in [2.24, 2.45) is 0 Å². The normalized spacial score (nSPS) is 18.7. The van der Waals surface area contributed by atoms with Crippen LogP contribution in [-0.2, 0) is 16.1 Å². The lowest BCUT2D eigenvalue weighted by molar-refractivity contribution is -0.136. The summed E-state index contributed by atoms with van der Waals surface area (Å²) < 4.78 is 30.6. The summed E-state index contributed by atoms with van der Waals surface area (Å²) in [6.07, 6.45) is -0.329. The highest BCUT2D eigenvalue weighted by Gasteiger charge is 2.26. The third kappa shape index (κ3) is 3.32. The minimum Gasteiger partial charge on any atom is -0.375 e. The summed E-state index contributed by atoms with van der Waals surface area (Å²) in [7, 11) is 0. The van der Waals surface area contributed by atoms with Crippen LogP contribution in [0.4, 0.5) is 8.78 Å². The third-order valence-corrected chi connectivity index (χ3v) is 3.37. The fourth-order valence-corrected chi connectivity index (χ4v) is 2.40. The predicted octanol–water partition coefficient (Wildman–Crippen LogP) is 2.06. The van der Waals surface area contributed by atoms with Gasteiger partial charge in [-0.1, -0.05) is 0 Å². The second-order valence-corrected chi connectivity index (χ2v) is 4.61. The van der Waals surface area contributed by atoms with Crippen LogP contribution >= 0.6 is 0 Å². The van der Waals surface area contributed by atoms with Crippen LogP contribution in [0.1, 0.15) is 25.1 Å². The van der Waals surface area contributed by atoms with Gasteiger partial charge in [-0.15, -0.1) is 0 Å². The Labute approximate surface area is 110 Å². The molecule has 2 rings (SSSR count). The van der Waals surface area contributed by atoms with Crippen LogP contribution in [0.5, 0.6) is 0 Å². The van der Waals surface area contributed by atoms with Gasteiger partial charge in [0.05, 0.1) is 19.1 Å². The number of carbonyl (C=O) groups excluding carboxylic acids is 1. The summed E-state index contributed by atoms with van der Waals surface area (Å²) in [6, 6.07) is 3.98. The number of fused-ring (bicyclic) bond motifs is 1. The van der Waals surface area contributed by atoms with E-state index in [1.54, 1.807) is 4.90 Å². The monoisotopic (exact) mass is 272 g/mol. The predicted molar refractivity (Wildman–Crippen MR) is 66.0 cm³/mol. The number of carbonyl (C=O) groups is 1. The maximum Gasteiger partial charge on any atom is 0.261 e. The highest BCUT2D eigenvalue weighted by Crippen LogP contribution is 2.25. The van der Waals surface area contributed by atoms with Crippen molar-refractivity contribution in [3.63, 3.8) is 0 Å². The second kappa shape index (κ2) is 6.14. The maximum atomic E-state index is 12.0. The van der Waals surface area contributed by atoms with Crippen LogP contribution < -0.4 is 0 Å². The van der Waals surface area contributed by atoms with Gasteiger partial charge in [-0.05, 0) is 19.1 Å². The number of alkyl halides is 2. The van der Waals surface area contributed by atoms with Crippen LogP contribution in [-0.4, -0.2) is 41.6 Å². The molecule has 106 valence electrons. The molecular formula is C13H18F2N2O2. The molecule has 1 aliphatic heterocycles. The Balaban J connectivity index is 1.84. The van der Waals surface area contributed by atoms with E-state index in [4.69, 9.17) is 4.74 Å². The molecule has 4 nitrogen and oxygen atoms in total. The third-order valence-electron chi connectivity index (χ3n) is 3.37. The van der Waals surface area contributed by atoms with Gasteiger partial charge in [-0.25, -0.2) is 8.78 Å². The summed E-state index contributed by atoms with van der Waals surface area (Å²) in [4.78, 5) is 13.8. The molecule has 2 heterocycles. The summed E-state index contributed by atoms with van der Waals surface area (Å²) in [6.45, 7) is 2.84. The van der Waals surface area contributed by atoms with Gasteiger partial charge in [0.2, 0.25) is 5.91 Å². The van der Waals surface area contributed by atoms with Crippen molar-refractivity contribution in [1.82, 2.24) is 9.47 Å². The molecule has 19 heavy (non-hydrogen) atoms. The van der Waals surface area contributed by atoms with Gasteiger partial charge in [-0.3, -0.25) is 4.79 Å². The first-order chi connectivity index (χ1) is 9.09. The zero-order valence-electron chi connectivity index (χ0n) is 10.9. The molecular weight excluding hydrogens is 254 g/mol. The minimum absolute atomic E-state index is 0.0198. The van der Waals surface area contributed by atoms with Gasteiger partial charge in [-0.2, -0.15) is 0 Å². The molecule has 0 saturated carbocycles. The van der Waals surface area contributed by atoms with Crippen LogP contribution in [0.25, 0.3) is 0 Å². The van der Waals surface area contributed by atoms with E-state index in [1.165, 1.54) is 0 Å². The van der Waals surface area contributed by atoms with Crippen LogP contribution in [0.15, 0.2) is 18.3 Å². The minimum atomic E-state index is -2.48. The summed E-state index contributed by atoms with van der Waals surface area (Å²) >= 11 is 0. The highest BCUT2D eigenvalue weighted by atomic mass is 19.3. The Morgan fingerprint density at radius 3 is 3.05 bits per heavy atom. The molecule has 0 unspecified atom stereocenters. The Morgan fingerprint density at radius 1 is 1.53 bits per heavy atom. The molecule has 0 radical (unpaired) electrons. The number of amides is 1. The van der Waals surface area contributed by atoms with Crippen molar-refractivity contribution in [3.05, 3.63) is 24.0 Å². The number of rotatable bonds is 5. The standard InChI is InChI=1S/C13H18F2N2O2/c1-10-11-3-2-5-16(11)6-7-17(10)13(18)4-8-19-9-12(14)15/h2-3,5,10,12H,4,6-9H2,1H3/t10-/m0/s1. The highest BCUT2D eigenvalue weighted by molar-refractivity contribution is 5.76. The fourth-order valence-electron chi connectivity index (χ4n) is 2.40. The zero-order valence-corrected chi connectivity index (χ0v) is 10.9. The SMILES string of the molecule is C[C@H]1c2cccn2CCN1C(=O)CCOCC(F)F. The lowest BCUT2D eigenvalue weighted by Gasteiger charge is -2.35. The maximum absolute atomic E-state index is 12.0. The number of ether oxygens (including phenoxy) is 1. The van der Waals surface area contributed by atoms with Crippen molar-refractivity contribution in [3.8, 4) is 0 Å². The van der Waals surface area contributed by atoms with Crippen molar-refractivity contribution >= 4 is 5.91 Å². The number of hydrogen-bond donors (Lipinski definition) is 0. The van der Waals surface area contributed by atoms with Crippen LogP contribution in [0, 0.1) is 0 Å². The lowest BCUT2D eigenvalue weighted by atomic mass is 10.1. The topological polar surface area (TPSA) is 34.5 Å². The van der Waals surface area contributed by atoms with Crippen LogP contribution in [0.2, 0.25) is 0 Å². The van der Waals surface area contributed by atoms with E-state index in [9.17, 15) is 13.6 Å². The number of hydrogen-bond acceptors (Lipinski definition) is 2. The van der Waals surface area contributed by atoms with E-state index in [-0.39, 0.29) is 25.0 Å². The van der Waals surface area contributed by atoms with E-state index < -0.39 is 13.0 Å². The largest absolute Gasteiger partial charge is 0.375 e. The molecule has 0 aliphatic carbocycles. The van der Waals surface area contributed by atoms with Crippen molar-refractivity contribution in [2.75, 3.05) is 19.8 Å². The Morgan fingerprint density at radius 2 is 2.32 bits per heavy atom. The van der Waals surface area contributed by atoms with E-state index in [2.05, 4.69) is 4.57 Å². The number of halogens is 2. The smallest absolute Gasteiger partial charge is 0.261 e. The van der Waals surface area contributed by atoms with Crippen LogP contribution in [0.3, 0.4) is 0 Å². The molecule has 1 amide bonds. The average Bonchev–Trinajstić information content (AvgIpc) is 2.83. The van der Waals surface area contributed by atoms with Crippen molar-refractivity contribution < 1.29 is 18.3 Å². The molecule has 0 aromatic carbocycles. The lowest BCUT2D eigenvalue weighted by Crippen LogP contribution is -2.41. The Kier molecular flexibility index (Phi) is 4.52. The zero-order chi connectivity index (χ0) is 13.8. The number of aromatic nitrogens is 1. The molecule has 1 aliphatic rings. The van der Waals surface area contributed by atoms with E-state index >= 15 is 0 Å². The summed E-state index contributed by atoms with van der Waals surface area (Å²) in [5.41, 5.74) is 1.10. The van der Waals surface area contributed by atoms with Gasteiger partial charge in [0.15, 0.2) is 0 Å². The Bertz CT molecular complexity index is 434. The summed E-state index contributed by atoms with van der Waals surface area (Å²) in [5.74, 6) is -0.0470. The quantitative estimate of drug-likeness (QED) is 0.769. The average molecular weight is 272 g/mol. The first-order valence-electron chi connectivity index (χ1n) is 6.40. The first kappa shape index (κ1) is 14.0. The van der Waals surface area contributed by atoms with E-state index in [0.717, 1.165) is 12.2 Å². The van der Waals surface area contributed by atoms with E-state index in [0.29, 0.717) is 6.54 Å². The molecule has 0 N–H and O–H groups in total. The molecule has 6 heteroatoms. The van der Waals surface area contributed by atoms with Gasteiger partial charge < -0.3 is 14.2 Å². The Hall–Kier alpha value is -1.43. The number of nitrogens with zero attached hydrogens (tertiary/aromatic N) is 2. The van der Waals surface area contributed by atoms with E-state index in [1.807, 2.05) is 25.3 Å². The van der Waals surface area contributed by atoms with Gasteiger partial charge >= 0.3 is 0 Å². The van der Waals surface area contributed by atoms with Gasteiger partial charge in [0.25, 0.3) is 6.43 Å². The van der Waals surface area contributed by atoms with Gasteiger partial charge in [0.1, 0.15) is 6.61 Å². The molecule has 1 atom stereocenters. The summed E-state index contributed by atoms with van der Waals surface area (Å²) in [5, 5.41) is 0. The molecule has 0 saturated heterocycles. The second-order valence-electron chi connectivity index (χ2n) is 4.61. The molecule has 1 aromatic heterocycles. The first-order valence-corrected chi connectivity index (χ1v) is 6.40. The van der Waals surface area contributed by atoms with Gasteiger partial charge in [0, 0.05) is 25.0 Å². The molecule has 0 fully saturated rings. The van der Waals surface area contributed by atoms with Crippen molar-refractivity contribution in [1.29, 1.82) is 0 Å². The molecule has 0 bridgehead atoms.